The standard InChI is InChI=1S/C19H28ClN/c1-2-8-21-19(12-14-4-3-5-18(20)11-14)13-17-10-15-6-7-16(17)9-15/h3-5,11,15-17,19,21H,2,6-10,12-13H2,1H3. The van der Waals surface area contributed by atoms with Gasteiger partial charge >= 0.3 is 0 Å². The minimum Gasteiger partial charge on any atom is -0.314 e. The van der Waals surface area contributed by atoms with Crippen molar-refractivity contribution in [3.63, 3.8) is 0 Å². The van der Waals surface area contributed by atoms with Crippen LogP contribution in [0.3, 0.4) is 0 Å². The van der Waals surface area contributed by atoms with Crippen LogP contribution in [0.1, 0.15) is 51.0 Å². The third kappa shape index (κ3) is 4.02. The third-order valence-electron chi connectivity index (χ3n) is 5.53. The van der Waals surface area contributed by atoms with E-state index in [1.165, 1.54) is 44.1 Å². The maximum absolute atomic E-state index is 6.13. The highest BCUT2D eigenvalue weighted by molar-refractivity contribution is 6.30. The highest BCUT2D eigenvalue weighted by Gasteiger charge is 2.39. The quantitative estimate of drug-likeness (QED) is 0.741. The molecular formula is C19H28ClN. The Hall–Kier alpha value is -0.530. The second-order valence-corrected chi connectivity index (χ2v) is 7.59. The third-order valence-corrected chi connectivity index (χ3v) is 5.76. The monoisotopic (exact) mass is 305 g/mol. The van der Waals surface area contributed by atoms with Crippen molar-refractivity contribution in [3.8, 4) is 0 Å². The molecule has 0 heterocycles. The molecule has 1 N–H and O–H groups in total. The average molecular weight is 306 g/mol. The second kappa shape index (κ2) is 7.15. The van der Waals surface area contributed by atoms with Gasteiger partial charge in [-0.05, 0) is 80.5 Å². The molecule has 0 aromatic heterocycles. The van der Waals surface area contributed by atoms with Gasteiger partial charge in [0.25, 0.3) is 0 Å². The largest absolute Gasteiger partial charge is 0.314 e. The molecule has 2 bridgehead atoms. The lowest BCUT2D eigenvalue weighted by molar-refractivity contribution is 0.276. The molecule has 4 atom stereocenters. The topological polar surface area (TPSA) is 12.0 Å². The molecule has 4 unspecified atom stereocenters. The van der Waals surface area contributed by atoms with Crippen LogP contribution in [0.25, 0.3) is 0 Å². The van der Waals surface area contributed by atoms with Crippen molar-refractivity contribution in [3.05, 3.63) is 34.9 Å². The summed E-state index contributed by atoms with van der Waals surface area (Å²) in [6, 6.07) is 9.01. The highest BCUT2D eigenvalue weighted by atomic mass is 35.5. The number of benzene rings is 1. The Bertz CT molecular complexity index is 459. The number of hydrogen-bond donors (Lipinski definition) is 1. The zero-order valence-electron chi connectivity index (χ0n) is 13.2. The Morgan fingerprint density at radius 1 is 1.29 bits per heavy atom. The lowest BCUT2D eigenvalue weighted by Crippen LogP contribution is -2.34. The van der Waals surface area contributed by atoms with Gasteiger partial charge in [-0.15, -0.1) is 0 Å². The van der Waals surface area contributed by atoms with Crippen molar-refractivity contribution in [1.29, 1.82) is 0 Å². The first-order valence-electron chi connectivity index (χ1n) is 8.72. The van der Waals surface area contributed by atoms with E-state index >= 15 is 0 Å². The lowest BCUT2D eigenvalue weighted by Gasteiger charge is -2.27. The van der Waals surface area contributed by atoms with Crippen LogP contribution in [-0.2, 0) is 6.42 Å². The number of fused-ring (bicyclic) bond motifs is 2. The minimum absolute atomic E-state index is 0.618. The van der Waals surface area contributed by atoms with Crippen molar-refractivity contribution < 1.29 is 0 Å². The van der Waals surface area contributed by atoms with Gasteiger partial charge in [0.2, 0.25) is 0 Å². The summed E-state index contributed by atoms with van der Waals surface area (Å²) in [6.45, 7) is 3.38. The summed E-state index contributed by atoms with van der Waals surface area (Å²) in [5.41, 5.74) is 1.37. The van der Waals surface area contributed by atoms with E-state index in [4.69, 9.17) is 11.6 Å². The summed E-state index contributed by atoms with van der Waals surface area (Å²) in [6.07, 6.45) is 9.69. The van der Waals surface area contributed by atoms with Gasteiger partial charge in [-0.25, -0.2) is 0 Å². The second-order valence-electron chi connectivity index (χ2n) is 7.16. The lowest BCUT2D eigenvalue weighted by atomic mass is 9.83. The van der Waals surface area contributed by atoms with E-state index in [1.54, 1.807) is 0 Å². The van der Waals surface area contributed by atoms with Crippen molar-refractivity contribution in [2.75, 3.05) is 6.54 Å². The molecule has 0 radical (unpaired) electrons. The molecule has 1 aromatic carbocycles. The summed E-state index contributed by atoms with van der Waals surface area (Å²) in [5, 5.41) is 4.64. The fourth-order valence-electron chi connectivity index (χ4n) is 4.57. The van der Waals surface area contributed by atoms with Crippen LogP contribution in [0.2, 0.25) is 5.02 Å². The van der Waals surface area contributed by atoms with Gasteiger partial charge in [0.05, 0.1) is 0 Å². The summed E-state index contributed by atoms with van der Waals surface area (Å²) >= 11 is 6.13. The summed E-state index contributed by atoms with van der Waals surface area (Å²) in [7, 11) is 0. The maximum Gasteiger partial charge on any atom is 0.0408 e. The Morgan fingerprint density at radius 2 is 2.19 bits per heavy atom. The van der Waals surface area contributed by atoms with E-state index in [0.29, 0.717) is 6.04 Å². The first kappa shape index (κ1) is 15.4. The SMILES string of the molecule is CCCNC(Cc1cccc(Cl)c1)CC1CC2CCC1C2. The molecule has 0 amide bonds. The Balaban J connectivity index is 1.60. The Kier molecular flexibility index (Phi) is 5.24. The first-order chi connectivity index (χ1) is 10.2. The van der Waals surface area contributed by atoms with Crippen molar-refractivity contribution >= 4 is 11.6 Å². The van der Waals surface area contributed by atoms with E-state index < -0.39 is 0 Å². The van der Waals surface area contributed by atoms with Crippen LogP contribution in [0.4, 0.5) is 0 Å². The van der Waals surface area contributed by atoms with Gasteiger partial charge in [-0.2, -0.15) is 0 Å². The van der Waals surface area contributed by atoms with E-state index in [2.05, 4.69) is 30.4 Å². The molecule has 2 fully saturated rings. The predicted octanol–water partition coefficient (Wildman–Crippen LogP) is 5.08. The molecule has 21 heavy (non-hydrogen) atoms. The molecule has 2 saturated carbocycles. The molecule has 116 valence electrons. The maximum atomic E-state index is 6.13. The van der Waals surface area contributed by atoms with Crippen LogP contribution < -0.4 is 5.32 Å². The van der Waals surface area contributed by atoms with Gasteiger partial charge in [0, 0.05) is 11.1 Å². The molecule has 1 aromatic rings. The molecule has 3 rings (SSSR count). The molecule has 1 nitrogen and oxygen atoms in total. The molecule has 2 aliphatic carbocycles. The smallest absolute Gasteiger partial charge is 0.0408 e. The fourth-order valence-corrected chi connectivity index (χ4v) is 4.78. The molecular weight excluding hydrogens is 278 g/mol. The fraction of sp³-hybridized carbons (Fsp3) is 0.684. The molecule has 2 heteroatoms. The van der Waals surface area contributed by atoms with Crippen LogP contribution >= 0.6 is 11.6 Å². The van der Waals surface area contributed by atoms with Crippen LogP contribution in [-0.4, -0.2) is 12.6 Å². The van der Waals surface area contributed by atoms with Crippen LogP contribution in [0, 0.1) is 17.8 Å². The van der Waals surface area contributed by atoms with Gasteiger partial charge in [0.15, 0.2) is 0 Å². The number of halogens is 1. The van der Waals surface area contributed by atoms with Gasteiger partial charge in [-0.1, -0.05) is 37.1 Å². The first-order valence-corrected chi connectivity index (χ1v) is 9.10. The zero-order chi connectivity index (χ0) is 14.7. The number of rotatable bonds is 7. The van der Waals surface area contributed by atoms with Gasteiger partial charge in [0.1, 0.15) is 0 Å². The summed E-state index contributed by atoms with van der Waals surface area (Å²) in [5.74, 6) is 3.05. The van der Waals surface area contributed by atoms with Gasteiger partial charge < -0.3 is 5.32 Å². The van der Waals surface area contributed by atoms with Crippen molar-refractivity contribution in [1.82, 2.24) is 5.32 Å². The van der Waals surface area contributed by atoms with E-state index in [0.717, 1.165) is 35.7 Å². The van der Waals surface area contributed by atoms with E-state index in [9.17, 15) is 0 Å². The Labute approximate surface area is 134 Å². The van der Waals surface area contributed by atoms with E-state index in [-0.39, 0.29) is 0 Å². The van der Waals surface area contributed by atoms with Crippen molar-refractivity contribution in [2.45, 2.75) is 57.9 Å². The minimum atomic E-state index is 0.618. The molecule has 0 saturated heterocycles. The molecule has 0 spiro atoms. The molecule has 0 aliphatic heterocycles. The zero-order valence-corrected chi connectivity index (χ0v) is 13.9. The highest BCUT2D eigenvalue weighted by Crippen LogP contribution is 2.50. The average Bonchev–Trinajstić information content (AvgIpc) is 3.07. The van der Waals surface area contributed by atoms with Gasteiger partial charge in [-0.3, -0.25) is 0 Å². The van der Waals surface area contributed by atoms with Crippen molar-refractivity contribution in [2.24, 2.45) is 17.8 Å². The van der Waals surface area contributed by atoms with Crippen LogP contribution in [0.5, 0.6) is 0 Å². The summed E-state index contributed by atoms with van der Waals surface area (Å²) < 4.78 is 0. The number of hydrogen-bond acceptors (Lipinski definition) is 1. The predicted molar refractivity (Wildman–Crippen MR) is 90.8 cm³/mol. The summed E-state index contributed by atoms with van der Waals surface area (Å²) in [4.78, 5) is 0. The normalized spacial score (nSPS) is 29.0. The number of nitrogens with one attached hydrogen (secondary N) is 1. The molecule has 2 aliphatic rings. The van der Waals surface area contributed by atoms with Crippen LogP contribution in [0.15, 0.2) is 24.3 Å². The Morgan fingerprint density at radius 3 is 2.86 bits per heavy atom. The van der Waals surface area contributed by atoms with E-state index in [1.807, 2.05) is 6.07 Å².